The van der Waals surface area contributed by atoms with Crippen molar-refractivity contribution in [2.75, 3.05) is 32.9 Å². The molecule has 2 aromatic carbocycles. The van der Waals surface area contributed by atoms with Gasteiger partial charge in [-0.05, 0) is 79.9 Å². The average molecular weight is 594 g/mol. The minimum Gasteiger partial charge on any atom is -0.491 e. The van der Waals surface area contributed by atoms with E-state index in [-0.39, 0.29) is 42.4 Å². The van der Waals surface area contributed by atoms with Gasteiger partial charge in [-0.3, -0.25) is 9.79 Å². The van der Waals surface area contributed by atoms with E-state index >= 15 is 0 Å². The Balaban J connectivity index is 1.95. The number of nitrogens with one attached hydrogen (secondary N) is 1. The molecule has 228 valence electrons. The van der Waals surface area contributed by atoms with Gasteiger partial charge in [0.2, 0.25) is 5.60 Å². The van der Waals surface area contributed by atoms with Crippen LogP contribution in [0.2, 0.25) is 0 Å². The quantitative estimate of drug-likeness (QED) is 0.275. The number of aliphatic hydroxyl groups excluding tert-OH is 1. The Kier molecular flexibility index (Phi) is 10.5. The van der Waals surface area contributed by atoms with E-state index in [1.807, 2.05) is 6.92 Å². The van der Waals surface area contributed by atoms with Gasteiger partial charge >= 0.3 is 6.18 Å². The van der Waals surface area contributed by atoms with Crippen LogP contribution in [-0.4, -0.2) is 72.1 Å². The maximum absolute atomic E-state index is 14.5. The molecule has 0 radical (unpaired) electrons. The van der Waals surface area contributed by atoms with Gasteiger partial charge in [0.1, 0.15) is 36.3 Å². The fourth-order valence-electron chi connectivity index (χ4n) is 3.97. The lowest BCUT2D eigenvalue weighted by Crippen LogP contribution is -2.55. The maximum atomic E-state index is 14.5. The van der Waals surface area contributed by atoms with Crippen LogP contribution < -0.4 is 15.8 Å². The molecule has 5 N–H and O–H groups in total. The fourth-order valence-corrected chi connectivity index (χ4v) is 3.97. The molecule has 1 unspecified atom stereocenters. The monoisotopic (exact) mass is 593 g/mol. The molecule has 3 rings (SSSR count). The second-order valence-corrected chi connectivity index (χ2v) is 10.3. The summed E-state index contributed by atoms with van der Waals surface area (Å²) in [4.78, 5) is 17.1. The van der Waals surface area contributed by atoms with Gasteiger partial charge in [0.25, 0.3) is 5.91 Å². The maximum Gasteiger partial charge on any atom is 0.422 e. The zero-order valence-electron chi connectivity index (χ0n) is 23.6. The van der Waals surface area contributed by atoms with Crippen LogP contribution in [0.15, 0.2) is 76.5 Å². The first kappa shape index (κ1) is 32.8. The minimum absolute atomic E-state index is 0.0169. The molecule has 42 heavy (non-hydrogen) atoms. The highest BCUT2D eigenvalue weighted by molar-refractivity contribution is 6.12. The van der Waals surface area contributed by atoms with Gasteiger partial charge in [0.15, 0.2) is 0 Å². The number of amides is 1. The summed E-state index contributed by atoms with van der Waals surface area (Å²) in [6.45, 7) is 3.20. The standard InChI is InChI=1S/C30H35F4N3O5/c1-4-28(3,35)18-42-26-19(2)15-22(16-36-25(26)20-5-9-23(31)10-6-20)29(40,30(32,33)34)17-37-27(39)21-7-11-24(12-8-21)41-14-13-38/h5-12,15,38,40H,4,13-14,16-18,35H2,1-3H3,(H,37,39)/t28-,29?/m1/s1. The molecule has 0 bridgehead atoms. The Morgan fingerprint density at radius 1 is 1.10 bits per heavy atom. The topological polar surface area (TPSA) is 126 Å². The van der Waals surface area contributed by atoms with E-state index in [1.165, 1.54) is 55.5 Å². The Hall–Kier alpha value is -3.74. The molecule has 1 amide bonds. The van der Waals surface area contributed by atoms with Crippen molar-refractivity contribution in [3.05, 3.63) is 88.5 Å². The number of alkyl halides is 3. The molecule has 2 aromatic rings. The third kappa shape index (κ3) is 7.96. The zero-order chi connectivity index (χ0) is 31.1. The van der Waals surface area contributed by atoms with Crippen molar-refractivity contribution >= 4 is 11.6 Å². The van der Waals surface area contributed by atoms with Gasteiger partial charge in [-0.1, -0.05) is 13.0 Å². The molecule has 1 heterocycles. The van der Waals surface area contributed by atoms with E-state index in [0.29, 0.717) is 17.7 Å². The molecular formula is C30H35F4N3O5. The predicted octanol–water partition coefficient (Wildman–Crippen LogP) is 4.07. The fraction of sp³-hybridized carbons (Fsp3) is 0.400. The van der Waals surface area contributed by atoms with Crippen molar-refractivity contribution in [3.8, 4) is 5.75 Å². The highest BCUT2D eigenvalue weighted by Gasteiger charge is 2.56. The van der Waals surface area contributed by atoms with Crippen LogP contribution in [0.5, 0.6) is 5.75 Å². The molecule has 0 aliphatic carbocycles. The largest absolute Gasteiger partial charge is 0.491 e. The van der Waals surface area contributed by atoms with Crippen molar-refractivity contribution in [2.45, 2.75) is 44.5 Å². The Labute approximate surface area is 241 Å². The third-order valence-electron chi connectivity index (χ3n) is 6.82. The second-order valence-electron chi connectivity index (χ2n) is 10.3. The van der Waals surface area contributed by atoms with Gasteiger partial charge in [-0.25, -0.2) is 4.39 Å². The normalized spacial score (nSPS) is 16.9. The average Bonchev–Trinajstić information content (AvgIpc) is 3.12. The third-order valence-corrected chi connectivity index (χ3v) is 6.82. The van der Waals surface area contributed by atoms with E-state index in [1.54, 1.807) is 6.92 Å². The number of hydrogen-bond acceptors (Lipinski definition) is 7. The molecular weight excluding hydrogens is 558 g/mol. The number of allylic oxidation sites excluding steroid dienone is 3. The Bertz CT molecular complexity index is 1340. The minimum atomic E-state index is -5.19. The number of aliphatic hydroxyl groups is 2. The summed E-state index contributed by atoms with van der Waals surface area (Å²) >= 11 is 0. The van der Waals surface area contributed by atoms with Crippen molar-refractivity contribution in [1.29, 1.82) is 0 Å². The number of rotatable bonds is 12. The first-order valence-electron chi connectivity index (χ1n) is 13.3. The summed E-state index contributed by atoms with van der Waals surface area (Å²) in [5.74, 6) is -0.863. The van der Waals surface area contributed by atoms with Crippen molar-refractivity contribution in [3.63, 3.8) is 0 Å². The SMILES string of the molecule is CC[C@@](C)(N)COC1=C(C)C=C(C(O)(CNC(=O)c2ccc(OCCO)cc2)C(F)(F)F)CN=C1c1ccc(F)cc1. The molecule has 0 aromatic heterocycles. The lowest BCUT2D eigenvalue weighted by molar-refractivity contribution is -0.241. The van der Waals surface area contributed by atoms with Crippen molar-refractivity contribution in [1.82, 2.24) is 5.32 Å². The van der Waals surface area contributed by atoms with Crippen molar-refractivity contribution < 1.29 is 42.0 Å². The highest BCUT2D eigenvalue weighted by Crippen LogP contribution is 2.38. The van der Waals surface area contributed by atoms with Crippen LogP contribution >= 0.6 is 0 Å². The predicted molar refractivity (Wildman–Crippen MR) is 150 cm³/mol. The first-order chi connectivity index (χ1) is 19.7. The van der Waals surface area contributed by atoms with Crippen LogP contribution in [0.1, 0.15) is 43.1 Å². The summed E-state index contributed by atoms with van der Waals surface area (Å²) in [6.07, 6.45) is -3.50. The van der Waals surface area contributed by atoms with Gasteiger partial charge < -0.3 is 30.7 Å². The molecule has 0 saturated heterocycles. The van der Waals surface area contributed by atoms with Crippen LogP contribution in [-0.2, 0) is 4.74 Å². The molecule has 1 aliphatic rings. The molecule has 1 aliphatic heterocycles. The number of nitrogens with two attached hydrogens (primary N) is 1. The molecule has 0 fully saturated rings. The molecule has 0 saturated carbocycles. The van der Waals surface area contributed by atoms with Crippen LogP contribution in [0, 0.1) is 5.82 Å². The summed E-state index contributed by atoms with van der Waals surface area (Å²) in [5.41, 5.74) is 2.30. The summed E-state index contributed by atoms with van der Waals surface area (Å²) < 4.78 is 68.2. The smallest absolute Gasteiger partial charge is 0.422 e. The molecule has 2 atom stereocenters. The van der Waals surface area contributed by atoms with Crippen LogP contribution in [0.4, 0.5) is 17.6 Å². The molecule has 8 nitrogen and oxygen atoms in total. The van der Waals surface area contributed by atoms with Crippen LogP contribution in [0.25, 0.3) is 0 Å². The molecule has 12 heteroatoms. The second kappa shape index (κ2) is 13.5. The zero-order valence-corrected chi connectivity index (χ0v) is 23.6. The number of aliphatic imine (C=N–C) groups is 1. The number of carbonyl (C=O) groups is 1. The van der Waals surface area contributed by atoms with Gasteiger partial charge in [0, 0.05) is 16.7 Å². The Morgan fingerprint density at radius 3 is 2.31 bits per heavy atom. The number of hydrogen-bond donors (Lipinski definition) is 4. The Morgan fingerprint density at radius 2 is 1.74 bits per heavy atom. The first-order valence-corrected chi connectivity index (χ1v) is 13.3. The number of benzene rings is 2. The summed E-state index contributed by atoms with van der Waals surface area (Å²) in [6, 6.07) is 10.8. The lowest BCUT2D eigenvalue weighted by atomic mass is 9.90. The number of halogens is 4. The van der Waals surface area contributed by atoms with Gasteiger partial charge in [-0.15, -0.1) is 0 Å². The van der Waals surface area contributed by atoms with E-state index in [2.05, 4.69) is 10.3 Å². The molecule has 0 spiro atoms. The van der Waals surface area contributed by atoms with E-state index in [9.17, 15) is 27.5 Å². The summed E-state index contributed by atoms with van der Waals surface area (Å²) in [5, 5.41) is 22.1. The van der Waals surface area contributed by atoms with Gasteiger partial charge in [0.05, 0.1) is 19.7 Å². The number of ether oxygens (including phenoxy) is 2. The van der Waals surface area contributed by atoms with E-state index < -0.39 is 47.7 Å². The highest BCUT2D eigenvalue weighted by atomic mass is 19.4. The van der Waals surface area contributed by atoms with E-state index in [4.69, 9.17) is 20.3 Å². The van der Waals surface area contributed by atoms with E-state index in [0.717, 1.165) is 6.08 Å². The number of carbonyl (C=O) groups excluding carboxylic acids is 1. The number of nitrogens with zero attached hydrogens (tertiary/aromatic N) is 1. The van der Waals surface area contributed by atoms with Crippen LogP contribution in [0.3, 0.4) is 0 Å². The lowest BCUT2D eigenvalue weighted by Gasteiger charge is -2.32. The van der Waals surface area contributed by atoms with Crippen molar-refractivity contribution in [2.24, 2.45) is 10.7 Å². The summed E-state index contributed by atoms with van der Waals surface area (Å²) in [7, 11) is 0. The van der Waals surface area contributed by atoms with Gasteiger partial charge in [-0.2, -0.15) is 13.2 Å².